The Morgan fingerprint density at radius 3 is 2.04 bits per heavy atom. The summed E-state index contributed by atoms with van der Waals surface area (Å²) in [6.07, 6.45) is 1.89. The zero-order valence-corrected chi connectivity index (χ0v) is 14.8. The Hall–Kier alpha value is -2.70. The predicted octanol–water partition coefficient (Wildman–Crippen LogP) is 1.75. The third kappa shape index (κ3) is 4.91. The van der Waals surface area contributed by atoms with Crippen LogP contribution in [0.25, 0.3) is 6.08 Å². The lowest BCUT2D eigenvalue weighted by Gasteiger charge is -2.16. The number of hydrogen-bond acceptors (Lipinski definition) is 6. The Kier molecular flexibility index (Phi) is 7.10. The molecule has 0 saturated heterocycles. The van der Waals surface area contributed by atoms with Crippen molar-refractivity contribution in [3.63, 3.8) is 0 Å². The van der Waals surface area contributed by atoms with E-state index in [4.69, 9.17) is 18.9 Å². The maximum atomic E-state index is 11.9. The molecule has 0 aliphatic heterocycles. The number of carbonyl (C=O) groups is 2. The summed E-state index contributed by atoms with van der Waals surface area (Å²) in [7, 11) is 7.73. The molecule has 0 fully saturated rings. The minimum atomic E-state index is -0.857. The summed E-state index contributed by atoms with van der Waals surface area (Å²) in [4.78, 5) is 24.9. The van der Waals surface area contributed by atoms with Crippen molar-refractivity contribution in [2.45, 2.75) is 13.0 Å². The molecule has 0 heterocycles. The lowest BCUT2D eigenvalue weighted by atomic mass is 10.1. The Labute approximate surface area is 141 Å². The van der Waals surface area contributed by atoms with Gasteiger partial charge in [-0.25, -0.2) is 4.79 Å². The van der Waals surface area contributed by atoms with E-state index in [1.807, 2.05) is 0 Å². The Morgan fingerprint density at radius 1 is 1.00 bits per heavy atom. The summed E-state index contributed by atoms with van der Waals surface area (Å²) >= 11 is 0. The van der Waals surface area contributed by atoms with E-state index in [-0.39, 0.29) is 5.91 Å². The number of esters is 1. The molecule has 1 atom stereocenters. The van der Waals surface area contributed by atoms with E-state index in [2.05, 4.69) is 0 Å². The van der Waals surface area contributed by atoms with E-state index in [0.717, 1.165) is 0 Å². The molecule has 0 aliphatic carbocycles. The van der Waals surface area contributed by atoms with Crippen LogP contribution in [-0.4, -0.2) is 58.3 Å². The van der Waals surface area contributed by atoms with E-state index in [9.17, 15) is 9.59 Å². The van der Waals surface area contributed by atoms with Crippen molar-refractivity contribution in [2.24, 2.45) is 0 Å². The first-order chi connectivity index (χ1) is 11.3. The van der Waals surface area contributed by atoms with Crippen molar-refractivity contribution in [2.75, 3.05) is 35.4 Å². The van der Waals surface area contributed by atoms with Gasteiger partial charge in [-0.05, 0) is 19.1 Å². The smallest absolute Gasteiger partial charge is 0.331 e. The largest absolute Gasteiger partial charge is 0.496 e. The second kappa shape index (κ2) is 8.81. The molecule has 0 saturated carbocycles. The van der Waals surface area contributed by atoms with Crippen molar-refractivity contribution in [3.8, 4) is 17.2 Å². The average Bonchev–Trinajstić information content (AvgIpc) is 2.57. The number of likely N-dealkylation sites (N-methyl/N-ethyl adjacent to an activating group) is 1. The van der Waals surface area contributed by atoms with Gasteiger partial charge < -0.3 is 23.8 Å². The highest BCUT2D eigenvalue weighted by Gasteiger charge is 2.18. The van der Waals surface area contributed by atoms with E-state index < -0.39 is 12.1 Å². The minimum absolute atomic E-state index is 0.291. The van der Waals surface area contributed by atoms with Gasteiger partial charge in [0, 0.05) is 31.8 Å². The number of hydrogen-bond donors (Lipinski definition) is 0. The van der Waals surface area contributed by atoms with Gasteiger partial charge in [-0.15, -0.1) is 0 Å². The number of carbonyl (C=O) groups excluding carboxylic acids is 2. The van der Waals surface area contributed by atoms with E-state index in [1.54, 1.807) is 26.2 Å². The summed E-state index contributed by atoms with van der Waals surface area (Å²) < 4.78 is 20.7. The van der Waals surface area contributed by atoms with Gasteiger partial charge in [0.05, 0.1) is 21.3 Å². The Bertz CT molecular complexity index is 624. The first-order valence-electron chi connectivity index (χ1n) is 7.23. The monoisotopic (exact) mass is 337 g/mol. The fourth-order valence-electron chi connectivity index (χ4n) is 1.97. The number of ether oxygens (including phenoxy) is 4. The molecule has 1 aromatic rings. The molecular formula is C17H23NO6. The zero-order chi connectivity index (χ0) is 18.3. The summed E-state index contributed by atoms with van der Waals surface area (Å²) in [6.45, 7) is 1.52. The third-order valence-corrected chi connectivity index (χ3v) is 3.22. The molecule has 7 heteroatoms. The first kappa shape index (κ1) is 19.3. The summed E-state index contributed by atoms with van der Waals surface area (Å²) in [5, 5.41) is 0. The summed E-state index contributed by atoms with van der Waals surface area (Å²) in [5.74, 6) is 0.603. The number of nitrogens with zero attached hydrogens (tertiary/aromatic N) is 1. The first-order valence-corrected chi connectivity index (χ1v) is 7.23. The van der Waals surface area contributed by atoms with Crippen LogP contribution in [0.3, 0.4) is 0 Å². The van der Waals surface area contributed by atoms with Crippen molar-refractivity contribution >= 4 is 18.0 Å². The molecule has 0 aliphatic rings. The topological polar surface area (TPSA) is 74.3 Å². The molecule has 7 nitrogen and oxygen atoms in total. The number of benzene rings is 1. The summed E-state index contributed by atoms with van der Waals surface area (Å²) in [6, 6.07) is 3.33. The van der Waals surface area contributed by atoms with Crippen molar-refractivity contribution in [3.05, 3.63) is 23.8 Å². The van der Waals surface area contributed by atoms with Gasteiger partial charge in [0.1, 0.15) is 5.75 Å². The van der Waals surface area contributed by atoms with Gasteiger partial charge in [0.2, 0.25) is 0 Å². The van der Waals surface area contributed by atoms with E-state index in [1.165, 1.54) is 45.3 Å². The zero-order valence-electron chi connectivity index (χ0n) is 14.8. The van der Waals surface area contributed by atoms with Crippen molar-refractivity contribution in [1.82, 2.24) is 4.90 Å². The second-order valence-corrected chi connectivity index (χ2v) is 5.09. The fourth-order valence-corrected chi connectivity index (χ4v) is 1.97. The number of rotatable bonds is 7. The molecule has 0 unspecified atom stereocenters. The lowest BCUT2D eigenvalue weighted by Crippen LogP contribution is -2.34. The molecular weight excluding hydrogens is 314 g/mol. The van der Waals surface area contributed by atoms with Crippen LogP contribution in [0.5, 0.6) is 17.2 Å². The van der Waals surface area contributed by atoms with Crippen molar-refractivity contribution < 1.29 is 28.5 Å². The second-order valence-electron chi connectivity index (χ2n) is 5.09. The molecule has 1 amide bonds. The molecule has 0 radical (unpaired) electrons. The van der Waals surface area contributed by atoms with Crippen LogP contribution < -0.4 is 14.2 Å². The fraction of sp³-hybridized carbons (Fsp3) is 0.412. The van der Waals surface area contributed by atoms with Gasteiger partial charge in [0.15, 0.2) is 17.6 Å². The highest BCUT2D eigenvalue weighted by molar-refractivity contribution is 5.90. The molecule has 1 rings (SSSR count). The van der Waals surface area contributed by atoms with Gasteiger partial charge in [-0.3, -0.25) is 4.79 Å². The van der Waals surface area contributed by atoms with Gasteiger partial charge in [-0.1, -0.05) is 0 Å². The Balaban J connectivity index is 2.93. The van der Waals surface area contributed by atoms with Crippen LogP contribution in [0, 0.1) is 0 Å². The quantitative estimate of drug-likeness (QED) is 0.557. The number of methoxy groups -OCH3 is 3. The molecule has 0 bridgehead atoms. The molecule has 0 spiro atoms. The molecule has 0 N–H and O–H groups in total. The highest BCUT2D eigenvalue weighted by atomic mass is 16.5. The molecule has 1 aromatic carbocycles. The van der Waals surface area contributed by atoms with E-state index in [0.29, 0.717) is 22.8 Å². The van der Waals surface area contributed by atoms with Crippen LogP contribution in [0.2, 0.25) is 0 Å². The standard InChI is InChI=1S/C17H23NO6/c1-11(17(20)18(2)3)24-16(19)8-7-12-9-14(22-5)15(23-6)10-13(12)21-4/h7-11H,1-6H3/b8-7+/t11-/m1/s1. The van der Waals surface area contributed by atoms with Gasteiger partial charge >= 0.3 is 5.97 Å². The van der Waals surface area contributed by atoms with Gasteiger partial charge in [0.25, 0.3) is 5.91 Å². The molecule has 0 aromatic heterocycles. The van der Waals surface area contributed by atoms with Crippen LogP contribution in [0.4, 0.5) is 0 Å². The summed E-state index contributed by atoms with van der Waals surface area (Å²) in [5.41, 5.74) is 0.610. The SMILES string of the molecule is COc1cc(OC)c(OC)cc1/C=C/C(=O)O[C@H](C)C(=O)N(C)C. The van der Waals surface area contributed by atoms with Crippen molar-refractivity contribution in [1.29, 1.82) is 0 Å². The normalized spacial score (nSPS) is 11.8. The maximum Gasteiger partial charge on any atom is 0.331 e. The van der Waals surface area contributed by atoms with Crippen LogP contribution in [0.1, 0.15) is 12.5 Å². The Morgan fingerprint density at radius 2 is 1.54 bits per heavy atom. The highest BCUT2D eigenvalue weighted by Crippen LogP contribution is 2.35. The van der Waals surface area contributed by atoms with Crippen LogP contribution in [0.15, 0.2) is 18.2 Å². The van der Waals surface area contributed by atoms with Crippen LogP contribution in [-0.2, 0) is 14.3 Å². The number of amides is 1. The lowest BCUT2D eigenvalue weighted by molar-refractivity contribution is -0.153. The average molecular weight is 337 g/mol. The minimum Gasteiger partial charge on any atom is -0.496 e. The molecule has 132 valence electrons. The predicted molar refractivity (Wildman–Crippen MR) is 89.4 cm³/mol. The third-order valence-electron chi connectivity index (χ3n) is 3.22. The van der Waals surface area contributed by atoms with E-state index >= 15 is 0 Å². The van der Waals surface area contributed by atoms with Gasteiger partial charge in [-0.2, -0.15) is 0 Å². The maximum absolute atomic E-state index is 11.9. The van der Waals surface area contributed by atoms with Crippen LogP contribution >= 0.6 is 0 Å². The molecule has 24 heavy (non-hydrogen) atoms.